The van der Waals surface area contributed by atoms with E-state index in [1.807, 2.05) is 0 Å². The lowest BCUT2D eigenvalue weighted by Gasteiger charge is -2.14. The average molecular weight is 312 g/mol. The monoisotopic (exact) mass is 312 g/mol. The third kappa shape index (κ3) is 4.01. The molecule has 1 atom stereocenters. The molecule has 0 saturated carbocycles. The molecule has 3 N–H and O–H groups in total. The van der Waals surface area contributed by atoms with Gasteiger partial charge in [-0.3, -0.25) is 9.59 Å². The van der Waals surface area contributed by atoms with Crippen LogP contribution in [0.2, 0.25) is 0 Å². The lowest BCUT2D eigenvalue weighted by Crippen LogP contribution is -2.42. The minimum atomic E-state index is -4.33. The highest BCUT2D eigenvalue weighted by Crippen LogP contribution is 2.19. The standard InChI is InChI=1S/C12H12N2O6S/c1-7-3-2-4-10(8(7)6-13)21(19,20)14-9(12(17)18)5-11(15)16/h2-4,9,14H,5H2,1H3,(H,15,16)(H,17,18)/t9-/m0/s1. The van der Waals surface area contributed by atoms with E-state index in [0.717, 1.165) is 6.07 Å². The number of sulfonamides is 1. The second-order valence-electron chi connectivity index (χ2n) is 4.17. The first kappa shape index (κ1) is 16.6. The minimum Gasteiger partial charge on any atom is -0.481 e. The summed E-state index contributed by atoms with van der Waals surface area (Å²) in [4.78, 5) is 21.1. The zero-order chi connectivity index (χ0) is 16.2. The molecule has 8 nitrogen and oxygen atoms in total. The molecular formula is C12H12N2O6S. The third-order valence-electron chi connectivity index (χ3n) is 2.61. The zero-order valence-electron chi connectivity index (χ0n) is 10.9. The maximum absolute atomic E-state index is 12.1. The van der Waals surface area contributed by atoms with Gasteiger partial charge in [-0.05, 0) is 18.6 Å². The van der Waals surface area contributed by atoms with Crippen LogP contribution >= 0.6 is 0 Å². The second-order valence-corrected chi connectivity index (χ2v) is 5.85. The minimum absolute atomic E-state index is 0.121. The van der Waals surface area contributed by atoms with Gasteiger partial charge in [0.25, 0.3) is 0 Å². The highest BCUT2D eigenvalue weighted by atomic mass is 32.2. The molecule has 9 heteroatoms. The summed E-state index contributed by atoms with van der Waals surface area (Å²) >= 11 is 0. The Morgan fingerprint density at radius 1 is 1.38 bits per heavy atom. The van der Waals surface area contributed by atoms with Crippen LogP contribution in [-0.4, -0.2) is 36.6 Å². The highest BCUT2D eigenvalue weighted by molar-refractivity contribution is 7.89. The molecule has 0 bridgehead atoms. The van der Waals surface area contributed by atoms with Gasteiger partial charge in [-0.1, -0.05) is 12.1 Å². The van der Waals surface area contributed by atoms with Crippen molar-refractivity contribution in [3.05, 3.63) is 29.3 Å². The number of carbonyl (C=O) groups is 2. The van der Waals surface area contributed by atoms with E-state index >= 15 is 0 Å². The van der Waals surface area contributed by atoms with Crippen LogP contribution < -0.4 is 4.72 Å². The number of hydrogen-bond donors (Lipinski definition) is 3. The van der Waals surface area contributed by atoms with Crippen molar-refractivity contribution in [2.24, 2.45) is 0 Å². The smallest absolute Gasteiger partial charge is 0.322 e. The largest absolute Gasteiger partial charge is 0.481 e. The number of nitrogens with zero attached hydrogens (tertiary/aromatic N) is 1. The van der Waals surface area contributed by atoms with Gasteiger partial charge in [0, 0.05) is 0 Å². The molecule has 0 radical (unpaired) electrons. The molecule has 112 valence electrons. The Morgan fingerprint density at radius 3 is 2.48 bits per heavy atom. The lowest BCUT2D eigenvalue weighted by molar-refractivity contribution is -0.145. The van der Waals surface area contributed by atoms with Crippen molar-refractivity contribution in [2.75, 3.05) is 0 Å². The number of hydrogen-bond acceptors (Lipinski definition) is 5. The van der Waals surface area contributed by atoms with Crippen molar-refractivity contribution in [1.29, 1.82) is 5.26 Å². The summed E-state index contributed by atoms with van der Waals surface area (Å²) in [6, 6.07) is 3.99. The fourth-order valence-corrected chi connectivity index (χ4v) is 3.03. The topological polar surface area (TPSA) is 145 Å². The quantitative estimate of drug-likeness (QED) is 0.674. The van der Waals surface area contributed by atoms with Gasteiger partial charge in [-0.15, -0.1) is 0 Å². The molecule has 1 aromatic rings. The SMILES string of the molecule is Cc1cccc(S(=O)(=O)N[C@@H](CC(=O)O)C(=O)O)c1C#N. The Hall–Kier alpha value is -2.44. The fourth-order valence-electron chi connectivity index (χ4n) is 1.61. The van der Waals surface area contributed by atoms with E-state index in [9.17, 15) is 18.0 Å². The predicted octanol–water partition coefficient (Wildman–Crippen LogP) is 0.0729. The van der Waals surface area contributed by atoms with E-state index in [0.29, 0.717) is 5.56 Å². The molecule has 0 saturated heterocycles. The Morgan fingerprint density at radius 2 is 2.00 bits per heavy atom. The Kier molecular flexibility index (Phi) is 5.02. The van der Waals surface area contributed by atoms with Crippen LogP contribution in [0.4, 0.5) is 0 Å². The van der Waals surface area contributed by atoms with Crippen LogP contribution in [0.3, 0.4) is 0 Å². The number of nitrogens with one attached hydrogen (secondary N) is 1. The Balaban J connectivity index is 3.23. The number of nitriles is 1. The number of carboxylic acid groups (broad SMARTS) is 2. The van der Waals surface area contributed by atoms with Crippen molar-refractivity contribution < 1.29 is 28.2 Å². The number of benzene rings is 1. The van der Waals surface area contributed by atoms with E-state index in [1.54, 1.807) is 10.8 Å². The van der Waals surface area contributed by atoms with Gasteiger partial charge in [0.1, 0.15) is 17.0 Å². The number of aliphatic carboxylic acids is 2. The summed E-state index contributed by atoms with van der Waals surface area (Å²) in [5.74, 6) is -3.08. The summed E-state index contributed by atoms with van der Waals surface area (Å²) in [5.41, 5.74) is 0.287. The molecule has 0 fully saturated rings. The predicted molar refractivity (Wildman–Crippen MR) is 69.9 cm³/mol. The van der Waals surface area contributed by atoms with Crippen LogP contribution in [-0.2, 0) is 19.6 Å². The first-order chi connectivity index (χ1) is 9.69. The van der Waals surface area contributed by atoms with E-state index in [1.165, 1.54) is 19.1 Å². The molecule has 0 heterocycles. The maximum atomic E-state index is 12.1. The van der Waals surface area contributed by atoms with Gasteiger partial charge < -0.3 is 10.2 Å². The van der Waals surface area contributed by atoms with Gasteiger partial charge in [0.15, 0.2) is 0 Å². The summed E-state index contributed by atoms with van der Waals surface area (Å²) in [5, 5.41) is 26.5. The van der Waals surface area contributed by atoms with Crippen molar-refractivity contribution >= 4 is 22.0 Å². The first-order valence-corrected chi connectivity index (χ1v) is 7.14. The number of aryl methyl sites for hydroxylation is 1. The van der Waals surface area contributed by atoms with E-state index in [-0.39, 0.29) is 10.5 Å². The van der Waals surface area contributed by atoms with Crippen LogP contribution in [0, 0.1) is 18.3 Å². The molecule has 0 aliphatic carbocycles. The molecular weight excluding hydrogens is 300 g/mol. The maximum Gasteiger partial charge on any atom is 0.322 e. The van der Waals surface area contributed by atoms with Crippen LogP contribution in [0.1, 0.15) is 17.5 Å². The summed E-state index contributed by atoms with van der Waals surface area (Å²) < 4.78 is 26.1. The van der Waals surface area contributed by atoms with Crippen molar-refractivity contribution in [1.82, 2.24) is 4.72 Å². The Bertz CT molecular complexity index is 720. The molecule has 0 aliphatic rings. The van der Waals surface area contributed by atoms with Crippen molar-refractivity contribution in [3.8, 4) is 6.07 Å². The normalized spacial score (nSPS) is 12.4. The Labute approximate surface area is 120 Å². The number of carboxylic acids is 2. The first-order valence-electron chi connectivity index (χ1n) is 5.65. The van der Waals surface area contributed by atoms with E-state index in [4.69, 9.17) is 15.5 Å². The zero-order valence-corrected chi connectivity index (χ0v) is 11.7. The van der Waals surface area contributed by atoms with Crippen LogP contribution in [0.15, 0.2) is 23.1 Å². The molecule has 21 heavy (non-hydrogen) atoms. The van der Waals surface area contributed by atoms with Gasteiger partial charge >= 0.3 is 11.9 Å². The van der Waals surface area contributed by atoms with Gasteiger partial charge in [-0.25, -0.2) is 8.42 Å². The summed E-state index contributed by atoms with van der Waals surface area (Å²) in [6.45, 7) is 1.53. The van der Waals surface area contributed by atoms with E-state index in [2.05, 4.69) is 0 Å². The van der Waals surface area contributed by atoms with Gasteiger partial charge in [0.2, 0.25) is 10.0 Å². The number of rotatable bonds is 6. The van der Waals surface area contributed by atoms with Gasteiger partial charge in [0.05, 0.1) is 12.0 Å². The fraction of sp³-hybridized carbons (Fsp3) is 0.250. The van der Waals surface area contributed by atoms with Gasteiger partial charge in [-0.2, -0.15) is 9.98 Å². The van der Waals surface area contributed by atoms with Crippen LogP contribution in [0.5, 0.6) is 0 Å². The lowest BCUT2D eigenvalue weighted by atomic mass is 10.1. The third-order valence-corrected chi connectivity index (χ3v) is 4.12. The van der Waals surface area contributed by atoms with Crippen molar-refractivity contribution in [2.45, 2.75) is 24.3 Å². The molecule has 1 aromatic carbocycles. The molecule has 0 spiro atoms. The summed E-state index contributed by atoms with van der Waals surface area (Å²) in [7, 11) is -4.33. The van der Waals surface area contributed by atoms with Crippen molar-refractivity contribution in [3.63, 3.8) is 0 Å². The molecule has 0 aromatic heterocycles. The second kappa shape index (κ2) is 6.34. The summed E-state index contributed by atoms with van der Waals surface area (Å²) in [6.07, 6.45) is -0.914. The average Bonchev–Trinajstić information content (AvgIpc) is 2.36. The molecule has 1 rings (SSSR count). The van der Waals surface area contributed by atoms with E-state index < -0.39 is 34.4 Å². The highest BCUT2D eigenvalue weighted by Gasteiger charge is 2.29. The molecule has 0 unspecified atom stereocenters. The molecule has 0 amide bonds. The molecule has 0 aliphatic heterocycles. The van der Waals surface area contributed by atoms with Crippen LogP contribution in [0.25, 0.3) is 0 Å².